The summed E-state index contributed by atoms with van der Waals surface area (Å²) in [6.07, 6.45) is 1.65. The highest BCUT2D eigenvalue weighted by Gasteiger charge is 2.34. The SMILES string of the molecule is CC[C@H](C)CN(CC(=O)N1CCc2sccc2[C@@H]1COc1ccc(Cl)c(C)c1)C(=O)c1ccc(F)cc1. The molecule has 0 N–H and O–H groups in total. The van der Waals surface area contributed by atoms with Crippen molar-refractivity contribution in [2.75, 3.05) is 26.2 Å². The molecular formula is C29H32ClFN2O3S. The molecule has 2 atom stereocenters. The van der Waals surface area contributed by atoms with E-state index in [1.165, 1.54) is 29.1 Å². The van der Waals surface area contributed by atoms with Gasteiger partial charge in [-0.15, -0.1) is 11.3 Å². The second kappa shape index (κ2) is 12.1. The number of hydrogen-bond acceptors (Lipinski definition) is 4. The lowest BCUT2D eigenvalue weighted by molar-refractivity contribution is -0.135. The Balaban J connectivity index is 1.54. The summed E-state index contributed by atoms with van der Waals surface area (Å²) in [7, 11) is 0. The van der Waals surface area contributed by atoms with Crippen molar-refractivity contribution in [3.63, 3.8) is 0 Å². The Labute approximate surface area is 226 Å². The van der Waals surface area contributed by atoms with Gasteiger partial charge in [-0.2, -0.15) is 0 Å². The van der Waals surface area contributed by atoms with Gasteiger partial charge in [-0.1, -0.05) is 31.9 Å². The van der Waals surface area contributed by atoms with Crippen LogP contribution in [0.3, 0.4) is 0 Å². The largest absolute Gasteiger partial charge is 0.491 e. The summed E-state index contributed by atoms with van der Waals surface area (Å²) in [5.41, 5.74) is 2.38. The first-order chi connectivity index (χ1) is 17.8. The minimum absolute atomic E-state index is 0.0451. The van der Waals surface area contributed by atoms with Crippen molar-refractivity contribution in [2.45, 2.75) is 39.7 Å². The molecule has 0 saturated carbocycles. The lowest BCUT2D eigenvalue weighted by Crippen LogP contribution is -2.48. The molecule has 2 amide bonds. The van der Waals surface area contributed by atoms with E-state index >= 15 is 0 Å². The molecule has 0 unspecified atom stereocenters. The minimum atomic E-state index is -0.403. The van der Waals surface area contributed by atoms with Crippen molar-refractivity contribution in [3.8, 4) is 5.75 Å². The second-order valence-corrected chi connectivity index (χ2v) is 11.0. The fourth-order valence-electron chi connectivity index (χ4n) is 4.51. The van der Waals surface area contributed by atoms with Crippen LogP contribution in [0, 0.1) is 18.7 Å². The second-order valence-electron chi connectivity index (χ2n) is 9.58. The normalized spacial score (nSPS) is 15.7. The molecule has 0 spiro atoms. The fraction of sp³-hybridized carbons (Fsp3) is 0.379. The van der Waals surface area contributed by atoms with E-state index in [0.29, 0.717) is 36.0 Å². The van der Waals surface area contributed by atoms with Gasteiger partial charge in [-0.25, -0.2) is 4.39 Å². The van der Waals surface area contributed by atoms with Crippen molar-refractivity contribution >= 4 is 34.8 Å². The van der Waals surface area contributed by atoms with E-state index in [9.17, 15) is 14.0 Å². The third-order valence-electron chi connectivity index (χ3n) is 6.89. The van der Waals surface area contributed by atoms with Gasteiger partial charge < -0.3 is 14.5 Å². The summed E-state index contributed by atoms with van der Waals surface area (Å²) >= 11 is 7.85. The van der Waals surface area contributed by atoms with Crippen molar-refractivity contribution in [2.24, 2.45) is 5.92 Å². The monoisotopic (exact) mass is 542 g/mol. The third-order valence-corrected chi connectivity index (χ3v) is 8.31. The number of halogens is 2. The van der Waals surface area contributed by atoms with E-state index in [2.05, 4.69) is 19.9 Å². The maximum Gasteiger partial charge on any atom is 0.254 e. The van der Waals surface area contributed by atoms with Crippen molar-refractivity contribution in [1.29, 1.82) is 0 Å². The van der Waals surface area contributed by atoms with Crippen molar-refractivity contribution in [3.05, 3.63) is 86.3 Å². The van der Waals surface area contributed by atoms with Gasteiger partial charge in [-0.05, 0) is 84.3 Å². The molecule has 5 nitrogen and oxygen atoms in total. The fourth-order valence-corrected chi connectivity index (χ4v) is 5.56. The first kappa shape index (κ1) is 27.1. The van der Waals surface area contributed by atoms with Crippen molar-refractivity contribution in [1.82, 2.24) is 9.80 Å². The van der Waals surface area contributed by atoms with E-state index < -0.39 is 5.82 Å². The molecule has 2 heterocycles. The molecule has 4 rings (SSSR count). The number of fused-ring (bicyclic) bond motifs is 1. The Hall–Kier alpha value is -2.90. The topological polar surface area (TPSA) is 49.9 Å². The van der Waals surface area contributed by atoms with E-state index in [-0.39, 0.29) is 30.3 Å². The summed E-state index contributed by atoms with van der Waals surface area (Å²) in [6.45, 7) is 7.29. The van der Waals surface area contributed by atoms with Crippen LogP contribution in [-0.4, -0.2) is 47.9 Å². The standard InChI is InChI=1S/C29H32ClFN2O3S/c1-4-19(2)16-32(29(35)21-5-7-22(31)8-6-21)17-28(34)33-13-11-27-24(12-14-37-27)26(33)18-36-23-9-10-25(30)20(3)15-23/h5-10,12,14-15,19,26H,4,11,13,16-18H2,1-3H3/t19-,26-/m0/s1. The third kappa shape index (κ3) is 6.51. The van der Waals surface area contributed by atoms with Gasteiger partial charge >= 0.3 is 0 Å². The first-order valence-corrected chi connectivity index (χ1v) is 13.8. The maximum absolute atomic E-state index is 13.7. The van der Waals surface area contributed by atoms with Crippen LogP contribution in [0.2, 0.25) is 5.02 Å². The number of thiophene rings is 1. The lowest BCUT2D eigenvalue weighted by Gasteiger charge is -2.37. The number of benzene rings is 2. The molecule has 3 aromatic rings. The number of aryl methyl sites for hydroxylation is 1. The van der Waals surface area contributed by atoms with Gasteiger partial charge in [0.25, 0.3) is 5.91 Å². The number of nitrogens with zero attached hydrogens (tertiary/aromatic N) is 2. The van der Waals surface area contributed by atoms with Crippen LogP contribution in [0.1, 0.15) is 52.7 Å². The average molecular weight is 543 g/mol. The maximum atomic E-state index is 13.7. The van der Waals surface area contributed by atoms with Crippen LogP contribution in [0.5, 0.6) is 5.75 Å². The molecule has 1 aromatic heterocycles. The predicted molar refractivity (Wildman–Crippen MR) is 146 cm³/mol. The molecule has 0 saturated heterocycles. The molecule has 0 aliphatic carbocycles. The Morgan fingerprint density at radius 3 is 2.68 bits per heavy atom. The molecule has 37 heavy (non-hydrogen) atoms. The molecule has 0 radical (unpaired) electrons. The summed E-state index contributed by atoms with van der Waals surface area (Å²) in [5.74, 6) is 0.110. The molecule has 196 valence electrons. The Morgan fingerprint density at radius 1 is 1.22 bits per heavy atom. The zero-order chi connectivity index (χ0) is 26.5. The van der Waals surface area contributed by atoms with Crippen LogP contribution in [-0.2, 0) is 11.2 Å². The molecular weight excluding hydrogens is 511 g/mol. The van der Waals surface area contributed by atoms with Crippen LogP contribution >= 0.6 is 22.9 Å². The predicted octanol–water partition coefficient (Wildman–Crippen LogP) is 6.54. The Bertz CT molecular complexity index is 1250. The van der Waals surface area contributed by atoms with Gasteiger partial charge in [0.05, 0.1) is 6.04 Å². The first-order valence-electron chi connectivity index (χ1n) is 12.6. The average Bonchev–Trinajstić information content (AvgIpc) is 3.38. The van der Waals surface area contributed by atoms with E-state index in [1.807, 2.05) is 29.3 Å². The molecule has 1 aliphatic heterocycles. The molecule has 8 heteroatoms. The van der Waals surface area contributed by atoms with Gasteiger partial charge in [0.1, 0.15) is 24.7 Å². The van der Waals surface area contributed by atoms with Crippen LogP contribution in [0.15, 0.2) is 53.9 Å². The summed E-state index contributed by atoms with van der Waals surface area (Å²) in [6, 6.07) is 12.8. The van der Waals surface area contributed by atoms with E-state index in [1.54, 1.807) is 22.3 Å². The zero-order valence-corrected chi connectivity index (χ0v) is 22.9. The smallest absolute Gasteiger partial charge is 0.254 e. The number of rotatable bonds is 9. The van der Waals surface area contributed by atoms with Gasteiger partial charge in [0.2, 0.25) is 5.91 Å². The highest BCUT2D eigenvalue weighted by atomic mass is 35.5. The summed E-state index contributed by atoms with van der Waals surface area (Å²) in [4.78, 5) is 31.7. The Morgan fingerprint density at radius 2 is 1.97 bits per heavy atom. The number of carbonyl (C=O) groups excluding carboxylic acids is 2. The lowest BCUT2D eigenvalue weighted by atomic mass is 10.00. The summed E-state index contributed by atoms with van der Waals surface area (Å²) < 4.78 is 19.6. The van der Waals surface area contributed by atoms with Gasteiger partial charge in [-0.3, -0.25) is 9.59 Å². The minimum Gasteiger partial charge on any atom is -0.491 e. The number of hydrogen-bond donors (Lipinski definition) is 0. The van der Waals surface area contributed by atoms with E-state index in [0.717, 1.165) is 24.0 Å². The summed E-state index contributed by atoms with van der Waals surface area (Å²) in [5, 5.41) is 2.72. The van der Waals surface area contributed by atoms with E-state index in [4.69, 9.17) is 16.3 Å². The number of carbonyl (C=O) groups is 2. The number of amides is 2. The van der Waals surface area contributed by atoms with Crippen molar-refractivity contribution < 1.29 is 18.7 Å². The molecule has 2 aromatic carbocycles. The highest BCUT2D eigenvalue weighted by Crippen LogP contribution is 2.34. The van der Waals surface area contributed by atoms with Crippen LogP contribution in [0.25, 0.3) is 0 Å². The quantitative estimate of drug-likeness (QED) is 0.308. The van der Waals surface area contributed by atoms with Crippen LogP contribution in [0.4, 0.5) is 4.39 Å². The highest BCUT2D eigenvalue weighted by molar-refractivity contribution is 7.10. The molecule has 0 bridgehead atoms. The number of ether oxygens (including phenoxy) is 1. The van der Waals surface area contributed by atoms with Gasteiger partial charge in [0.15, 0.2) is 0 Å². The molecule has 0 fully saturated rings. The zero-order valence-electron chi connectivity index (χ0n) is 21.4. The molecule has 1 aliphatic rings. The Kier molecular flexibility index (Phi) is 8.87. The van der Waals surface area contributed by atoms with Crippen LogP contribution < -0.4 is 4.74 Å². The van der Waals surface area contributed by atoms with Gasteiger partial charge in [0, 0.05) is 28.6 Å².